The minimum Gasteiger partial charge on any atom is -0.352 e. The summed E-state index contributed by atoms with van der Waals surface area (Å²) >= 11 is 3.98. The number of nitrogens with zero attached hydrogens (tertiary/aromatic N) is 4. The summed E-state index contributed by atoms with van der Waals surface area (Å²) in [5.41, 5.74) is 3.17. The third-order valence-corrected chi connectivity index (χ3v) is 5.48. The van der Waals surface area contributed by atoms with Gasteiger partial charge in [-0.1, -0.05) is 35.6 Å². The highest BCUT2D eigenvalue weighted by Gasteiger charge is 2.17. The highest BCUT2D eigenvalue weighted by Crippen LogP contribution is 2.26. The highest BCUT2D eigenvalue weighted by atomic mass is 127. The molecule has 1 N–H and O–H groups in total. The van der Waals surface area contributed by atoms with Crippen LogP contribution in [0.5, 0.6) is 0 Å². The number of alkyl halides is 1. The van der Waals surface area contributed by atoms with Crippen molar-refractivity contribution in [1.29, 1.82) is 0 Å². The minimum absolute atomic E-state index is 0.114. The second kappa shape index (κ2) is 8.26. The standard InChI is InChI=1S/C18H20IN5OS/c1-11-9-21-18(23-16(11)15-5-4-8-26-15)24-13(3)14(10-22-24)17(25)20-7-6-12(2)19/h4-5,8-10,12H,6-7H2,1-3H3,(H,20,25). The van der Waals surface area contributed by atoms with Crippen molar-refractivity contribution in [3.8, 4) is 16.5 Å². The van der Waals surface area contributed by atoms with Crippen molar-refractivity contribution in [2.45, 2.75) is 31.1 Å². The van der Waals surface area contributed by atoms with Crippen LogP contribution in [-0.4, -0.2) is 36.1 Å². The maximum Gasteiger partial charge on any atom is 0.254 e. The lowest BCUT2D eigenvalue weighted by Gasteiger charge is -2.08. The van der Waals surface area contributed by atoms with E-state index in [9.17, 15) is 4.79 Å². The fraction of sp³-hybridized carbons (Fsp3) is 0.333. The average Bonchev–Trinajstić information content (AvgIpc) is 3.25. The molecule has 0 aromatic carbocycles. The maximum absolute atomic E-state index is 12.4. The molecule has 1 atom stereocenters. The summed E-state index contributed by atoms with van der Waals surface area (Å²) in [6, 6.07) is 4.03. The lowest BCUT2D eigenvalue weighted by molar-refractivity contribution is 0.0953. The number of amides is 1. The van der Waals surface area contributed by atoms with Gasteiger partial charge in [0.25, 0.3) is 11.9 Å². The van der Waals surface area contributed by atoms with Crippen molar-refractivity contribution in [2.75, 3.05) is 6.54 Å². The van der Waals surface area contributed by atoms with E-state index in [0.717, 1.165) is 28.2 Å². The van der Waals surface area contributed by atoms with E-state index in [0.29, 0.717) is 22.0 Å². The number of thiophene rings is 1. The fourth-order valence-corrected chi connectivity index (χ4v) is 3.60. The largest absolute Gasteiger partial charge is 0.352 e. The van der Waals surface area contributed by atoms with E-state index in [1.807, 2.05) is 31.4 Å². The third kappa shape index (κ3) is 4.12. The quantitative estimate of drug-likeness (QED) is 0.428. The van der Waals surface area contributed by atoms with Crippen molar-refractivity contribution in [3.05, 3.63) is 46.7 Å². The van der Waals surface area contributed by atoms with Crippen LogP contribution in [0.25, 0.3) is 16.5 Å². The van der Waals surface area contributed by atoms with Crippen LogP contribution in [0.3, 0.4) is 0 Å². The number of nitrogens with one attached hydrogen (secondary N) is 1. The SMILES string of the molecule is Cc1cnc(-n2ncc(C(=O)NCCC(C)I)c2C)nc1-c1cccs1. The Labute approximate surface area is 170 Å². The van der Waals surface area contributed by atoms with Gasteiger partial charge in [-0.15, -0.1) is 11.3 Å². The van der Waals surface area contributed by atoms with Gasteiger partial charge >= 0.3 is 0 Å². The summed E-state index contributed by atoms with van der Waals surface area (Å²) in [6.45, 7) is 6.62. The van der Waals surface area contributed by atoms with Crippen molar-refractivity contribution in [3.63, 3.8) is 0 Å². The average molecular weight is 481 g/mol. The number of aromatic nitrogens is 4. The Morgan fingerprint density at radius 1 is 1.38 bits per heavy atom. The van der Waals surface area contributed by atoms with Crippen molar-refractivity contribution in [1.82, 2.24) is 25.1 Å². The molecule has 0 spiro atoms. The summed E-state index contributed by atoms with van der Waals surface area (Å²) < 4.78 is 2.14. The molecule has 0 bridgehead atoms. The van der Waals surface area contributed by atoms with Crippen LogP contribution in [0.2, 0.25) is 0 Å². The van der Waals surface area contributed by atoms with Gasteiger partial charge in [0.1, 0.15) is 0 Å². The summed E-state index contributed by atoms with van der Waals surface area (Å²) in [5, 5.41) is 9.30. The predicted molar refractivity (Wildman–Crippen MR) is 112 cm³/mol. The first-order valence-electron chi connectivity index (χ1n) is 8.32. The second-order valence-electron chi connectivity index (χ2n) is 6.06. The molecule has 26 heavy (non-hydrogen) atoms. The molecule has 0 aliphatic rings. The molecule has 1 unspecified atom stereocenters. The maximum atomic E-state index is 12.4. The van der Waals surface area contributed by atoms with Gasteiger partial charge in [-0.25, -0.2) is 14.6 Å². The topological polar surface area (TPSA) is 72.7 Å². The van der Waals surface area contributed by atoms with Gasteiger partial charge in [0, 0.05) is 16.7 Å². The molecule has 0 saturated carbocycles. The fourth-order valence-electron chi connectivity index (χ4n) is 2.51. The molecule has 0 aliphatic carbocycles. The van der Waals surface area contributed by atoms with Gasteiger partial charge in [-0.3, -0.25) is 4.79 Å². The molecule has 3 rings (SSSR count). The van der Waals surface area contributed by atoms with E-state index >= 15 is 0 Å². The number of hydrogen-bond donors (Lipinski definition) is 1. The smallest absolute Gasteiger partial charge is 0.254 e. The van der Waals surface area contributed by atoms with Gasteiger partial charge in [-0.05, 0) is 37.3 Å². The lowest BCUT2D eigenvalue weighted by Crippen LogP contribution is -2.26. The molecule has 3 heterocycles. The molecule has 1 amide bonds. The van der Waals surface area contributed by atoms with Crippen LogP contribution in [0.15, 0.2) is 29.9 Å². The zero-order valence-electron chi connectivity index (χ0n) is 14.9. The number of carbonyl (C=O) groups excluding carboxylic acids is 1. The number of rotatable bonds is 6. The molecule has 136 valence electrons. The van der Waals surface area contributed by atoms with Crippen LogP contribution in [-0.2, 0) is 0 Å². The number of aryl methyl sites for hydroxylation is 1. The number of hydrogen-bond acceptors (Lipinski definition) is 5. The van der Waals surface area contributed by atoms with E-state index in [1.165, 1.54) is 0 Å². The van der Waals surface area contributed by atoms with E-state index in [4.69, 9.17) is 0 Å². The Morgan fingerprint density at radius 2 is 2.19 bits per heavy atom. The normalized spacial score (nSPS) is 12.2. The summed E-state index contributed by atoms with van der Waals surface area (Å²) in [7, 11) is 0. The zero-order chi connectivity index (χ0) is 18.7. The molecule has 6 nitrogen and oxygen atoms in total. The predicted octanol–water partition coefficient (Wildman–Crippen LogP) is 3.95. The van der Waals surface area contributed by atoms with Gasteiger partial charge in [0.15, 0.2) is 0 Å². The molecule has 3 aromatic rings. The van der Waals surface area contributed by atoms with Crippen LogP contribution in [0.1, 0.15) is 35.0 Å². The van der Waals surface area contributed by atoms with E-state index < -0.39 is 0 Å². The molecule has 0 radical (unpaired) electrons. The molecular formula is C18H20IN5OS. The molecule has 0 fully saturated rings. The van der Waals surface area contributed by atoms with E-state index in [2.05, 4.69) is 49.9 Å². The zero-order valence-corrected chi connectivity index (χ0v) is 17.8. The highest BCUT2D eigenvalue weighted by molar-refractivity contribution is 14.1. The number of halogens is 1. The molecule has 0 saturated heterocycles. The summed E-state index contributed by atoms with van der Waals surface area (Å²) in [5.74, 6) is 0.354. The summed E-state index contributed by atoms with van der Waals surface area (Å²) in [6.07, 6.45) is 4.30. The molecule has 8 heteroatoms. The Bertz CT molecular complexity index is 904. The Kier molecular flexibility index (Phi) is 6.02. The van der Waals surface area contributed by atoms with Crippen molar-refractivity contribution in [2.24, 2.45) is 0 Å². The Balaban J connectivity index is 1.86. The van der Waals surface area contributed by atoms with Crippen LogP contribution >= 0.6 is 33.9 Å². The summed E-state index contributed by atoms with van der Waals surface area (Å²) in [4.78, 5) is 22.5. The van der Waals surface area contributed by atoms with Gasteiger partial charge in [0.05, 0.1) is 28.0 Å². The second-order valence-corrected chi connectivity index (χ2v) is 9.13. The first-order valence-corrected chi connectivity index (χ1v) is 10.4. The number of carbonyl (C=O) groups is 1. The lowest BCUT2D eigenvalue weighted by atomic mass is 10.2. The monoisotopic (exact) mass is 481 g/mol. The Morgan fingerprint density at radius 3 is 2.88 bits per heavy atom. The van der Waals surface area contributed by atoms with Crippen LogP contribution in [0.4, 0.5) is 0 Å². The van der Waals surface area contributed by atoms with Crippen molar-refractivity contribution < 1.29 is 4.79 Å². The minimum atomic E-state index is -0.114. The van der Waals surface area contributed by atoms with E-state index in [-0.39, 0.29) is 5.91 Å². The van der Waals surface area contributed by atoms with Gasteiger partial charge < -0.3 is 5.32 Å². The van der Waals surface area contributed by atoms with Crippen LogP contribution < -0.4 is 5.32 Å². The first kappa shape index (κ1) is 19.0. The van der Waals surface area contributed by atoms with E-state index in [1.54, 1.807) is 28.4 Å². The Hall–Kier alpha value is -1.81. The molecule has 0 aliphatic heterocycles. The molecule has 3 aromatic heterocycles. The van der Waals surface area contributed by atoms with Crippen molar-refractivity contribution >= 4 is 39.8 Å². The first-order chi connectivity index (χ1) is 12.5. The van der Waals surface area contributed by atoms with Gasteiger partial charge in [-0.2, -0.15) is 5.10 Å². The van der Waals surface area contributed by atoms with Gasteiger partial charge in [0.2, 0.25) is 0 Å². The van der Waals surface area contributed by atoms with Crippen LogP contribution in [0, 0.1) is 13.8 Å². The third-order valence-electron chi connectivity index (χ3n) is 3.99. The molecular weight excluding hydrogens is 461 g/mol.